The molecule has 5 heteroatoms. The van der Waals surface area contributed by atoms with Gasteiger partial charge in [-0.25, -0.2) is 14.8 Å². The summed E-state index contributed by atoms with van der Waals surface area (Å²) in [4.78, 5) is 21.2. The molecule has 0 radical (unpaired) electrons. The van der Waals surface area contributed by atoms with E-state index in [9.17, 15) is 4.79 Å². The third kappa shape index (κ3) is 4.03. The van der Waals surface area contributed by atoms with Crippen molar-refractivity contribution in [1.82, 2.24) is 9.97 Å². The zero-order valence-corrected chi connectivity index (χ0v) is 14.5. The summed E-state index contributed by atoms with van der Waals surface area (Å²) >= 11 is 6.26. The van der Waals surface area contributed by atoms with E-state index in [0.717, 1.165) is 11.1 Å². The quantitative estimate of drug-likeness (QED) is 0.631. The molecule has 0 aliphatic carbocycles. The fraction of sp³-hybridized carbons (Fsp3) is 0.150. The predicted octanol–water partition coefficient (Wildman–Crippen LogP) is 4.56. The van der Waals surface area contributed by atoms with Gasteiger partial charge in [-0.3, -0.25) is 0 Å². The molecule has 1 aromatic heterocycles. The van der Waals surface area contributed by atoms with E-state index in [0.29, 0.717) is 35.1 Å². The minimum absolute atomic E-state index is 0.296. The van der Waals surface area contributed by atoms with Gasteiger partial charge in [0, 0.05) is 23.2 Å². The number of aromatic nitrogens is 2. The summed E-state index contributed by atoms with van der Waals surface area (Å²) in [6.07, 6.45) is 1.95. The molecule has 0 bridgehead atoms. The van der Waals surface area contributed by atoms with Crippen molar-refractivity contribution in [2.45, 2.75) is 13.3 Å². The van der Waals surface area contributed by atoms with Gasteiger partial charge in [-0.05, 0) is 18.6 Å². The second kappa shape index (κ2) is 7.90. The molecule has 0 aliphatic heterocycles. The summed E-state index contributed by atoms with van der Waals surface area (Å²) < 4.78 is 5.13. The molecule has 0 fully saturated rings. The molecule has 0 aliphatic rings. The molecule has 4 nitrogen and oxygen atoms in total. The molecule has 25 heavy (non-hydrogen) atoms. The monoisotopic (exact) mass is 352 g/mol. The van der Waals surface area contributed by atoms with Crippen LogP contribution in [0.4, 0.5) is 0 Å². The number of nitrogens with zero attached hydrogens (tertiary/aromatic N) is 2. The second-order valence-electron chi connectivity index (χ2n) is 5.41. The van der Waals surface area contributed by atoms with Crippen molar-refractivity contribution in [1.29, 1.82) is 0 Å². The Morgan fingerprint density at radius 1 is 1.08 bits per heavy atom. The van der Waals surface area contributed by atoms with Crippen LogP contribution in [0, 0.1) is 0 Å². The first-order valence-electron chi connectivity index (χ1n) is 8.01. The van der Waals surface area contributed by atoms with Crippen LogP contribution in [0.5, 0.6) is 0 Å². The molecule has 0 N–H and O–H groups in total. The lowest BCUT2D eigenvalue weighted by molar-refractivity contribution is 0.0524. The van der Waals surface area contributed by atoms with Crippen LogP contribution in [-0.4, -0.2) is 22.5 Å². The van der Waals surface area contributed by atoms with Gasteiger partial charge in [0.25, 0.3) is 0 Å². The number of carbonyl (C=O) groups is 1. The fourth-order valence-electron chi connectivity index (χ4n) is 2.48. The molecule has 0 atom stereocenters. The molecule has 3 rings (SSSR count). The highest BCUT2D eigenvalue weighted by Gasteiger charge is 2.17. The number of carbonyl (C=O) groups excluding carboxylic acids is 1. The SMILES string of the molecule is CCOC(=O)c1cnc(-c2ccccc2)nc1Cc1ccccc1Cl. The topological polar surface area (TPSA) is 52.1 Å². The van der Waals surface area contributed by atoms with E-state index >= 15 is 0 Å². The third-order valence-corrected chi connectivity index (χ3v) is 4.08. The van der Waals surface area contributed by atoms with Crippen molar-refractivity contribution in [3.63, 3.8) is 0 Å². The van der Waals surface area contributed by atoms with E-state index in [4.69, 9.17) is 16.3 Å². The molecule has 1 heterocycles. The average Bonchev–Trinajstić information content (AvgIpc) is 2.64. The molecule has 2 aromatic carbocycles. The lowest BCUT2D eigenvalue weighted by atomic mass is 10.1. The molecule has 0 saturated heterocycles. The molecule has 126 valence electrons. The van der Waals surface area contributed by atoms with Crippen molar-refractivity contribution < 1.29 is 9.53 Å². The van der Waals surface area contributed by atoms with Gasteiger partial charge in [-0.15, -0.1) is 0 Å². The second-order valence-corrected chi connectivity index (χ2v) is 5.82. The Morgan fingerprint density at radius 3 is 2.52 bits per heavy atom. The number of hydrogen-bond acceptors (Lipinski definition) is 4. The highest BCUT2D eigenvalue weighted by Crippen LogP contribution is 2.22. The standard InChI is InChI=1S/C20H17ClN2O2/c1-2-25-20(24)16-13-22-19(14-8-4-3-5-9-14)23-18(16)12-15-10-6-7-11-17(15)21/h3-11,13H,2,12H2,1H3. The summed E-state index contributed by atoms with van der Waals surface area (Å²) in [7, 11) is 0. The van der Waals surface area contributed by atoms with Gasteiger partial charge in [0.05, 0.1) is 17.9 Å². The number of rotatable bonds is 5. The maximum absolute atomic E-state index is 12.3. The van der Waals surface area contributed by atoms with Crippen molar-refractivity contribution in [3.05, 3.63) is 82.6 Å². The highest BCUT2D eigenvalue weighted by molar-refractivity contribution is 6.31. The Balaban J connectivity index is 2.04. The van der Waals surface area contributed by atoms with E-state index in [2.05, 4.69) is 9.97 Å². The minimum atomic E-state index is -0.427. The van der Waals surface area contributed by atoms with Crippen LogP contribution in [0.25, 0.3) is 11.4 Å². The van der Waals surface area contributed by atoms with Crippen molar-refractivity contribution >= 4 is 17.6 Å². The number of halogens is 1. The number of hydrogen-bond donors (Lipinski definition) is 0. The third-order valence-electron chi connectivity index (χ3n) is 3.71. The lowest BCUT2D eigenvalue weighted by Crippen LogP contribution is -2.12. The van der Waals surface area contributed by atoms with Crippen molar-refractivity contribution in [3.8, 4) is 11.4 Å². The fourth-order valence-corrected chi connectivity index (χ4v) is 2.68. The Morgan fingerprint density at radius 2 is 1.80 bits per heavy atom. The van der Waals surface area contributed by atoms with Crippen LogP contribution < -0.4 is 0 Å². The van der Waals surface area contributed by atoms with Gasteiger partial charge < -0.3 is 4.74 Å². The van der Waals surface area contributed by atoms with Crippen LogP contribution in [-0.2, 0) is 11.2 Å². The van der Waals surface area contributed by atoms with Gasteiger partial charge in [0.15, 0.2) is 5.82 Å². The predicted molar refractivity (Wildman–Crippen MR) is 97.7 cm³/mol. The summed E-state index contributed by atoms with van der Waals surface area (Å²) in [5.41, 5.74) is 2.74. The van der Waals surface area contributed by atoms with Gasteiger partial charge in [-0.1, -0.05) is 60.1 Å². The molecular formula is C20H17ClN2O2. The minimum Gasteiger partial charge on any atom is -0.462 e. The first kappa shape index (κ1) is 17.1. The summed E-state index contributed by atoms with van der Waals surface area (Å²) in [5.74, 6) is 0.139. The van der Waals surface area contributed by atoms with Gasteiger partial charge in [-0.2, -0.15) is 0 Å². The zero-order valence-electron chi connectivity index (χ0n) is 13.8. The molecule has 0 amide bonds. The molecule has 0 spiro atoms. The van der Waals surface area contributed by atoms with Gasteiger partial charge in [0.1, 0.15) is 0 Å². The van der Waals surface area contributed by atoms with Crippen LogP contribution in [0.3, 0.4) is 0 Å². The van der Waals surface area contributed by atoms with Crippen LogP contribution in [0.1, 0.15) is 28.5 Å². The molecular weight excluding hydrogens is 336 g/mol. The number of esters is 1. The summed E-state index contributed by atoms with van der Waals surface area (Å²) in [6, 6.07) is 17.1. The van der Waals surface area contributed by atoms with E-state index < -0.39 is 5.97 Å². The smallest absolute Gasteiger partial charge is 0.341 e. The Bertz CT molecular complexity index is 882. The average molecular weight is 353 g/mol. The molecule has 3 aromatic rings. The molecule has 0 saturated carbocycles. The summed E-state index contributed by atoms with van der Waals surface area (Å²) in [5, 5.41) is 0.636. The van der Waals surface area contributed by atoms with Gasteiger partial charge >= 0.3 is 5.97 Å². The zero-order chi connectivity index (χ0) is 17.6. The Hall–Kier alpha value is -2.72. The van der Waals surface area contributed by atoms with E-state index in [1.165, 1.54) is 6.20 Å². The van der Waals surface area contributed by atoms with Crippen LogP contribution in [0.2, 0.25) is 5.02 Å². The Kier molecular flexibility index (Phi) is 5.41. The highest BCUT2D eigenvalue weighted by atomic mass is 35.5. The number of ether oxygens (including phenoxy) is 1. The van der Waals surface area contributed by atoms with Crippen molar-refractivity contribution in [2.24, 2.45) is 0 Å². The molecule has 0 unspecified atom stereocenters. The van der Waals surface area contributed by atoms with E-state index in [1.54, 1.807) is 6.92 Å². The van der Waals surface area contributed by atoms with Crippen LogP contribution >= 0.6 is 11.6 Å². The maximum atomic E-state index is 12.3. The van der Waals surface area contributed by atoms with Crippen LogP contribution in [0.15, 0.2) is 60.8 Å². The van der Waals surface area contributed by atoms with E-state index in [1.807, 2.05) is 54.6 Å². The number of benzene rings is 2. The lowest BCUT2D eigenvalue weighted by Gasteiger charge is -2.11. The first-order valence-corrected chi connectivity index (χ1v) is 8.38. The van der Waals surface area contributed by atoms with Gasteiger partial charge in [0.2, 0.25) is 0 Å². The Labute approximate surface area is 151 Å². The normalized spacial score (nSPS) is 10.5. The van der Waals surface area contributed by atoms with E-state index in [-0.39, 0.29) is 0 Å². The van der Waals surface area contributed by atoms with Crippen molar-refractivity contribution in [2.75, 3.05) is 6.61 Å². The summed E-state index contributed by atoms with van der Waals surface area (Å²) in [6.45, 7) is 2.07. The largest absolute Gasteiger partial charge is 0.462 e. The first-order chi connectivity index (χ1) is 12.2. The maximum Gasteiger partial charge on any atom is 0.341 e.